The third-order valence-electron chi connectivity index (χ3n) is 1.88. The Kier molecular flexibility index (Phi) is 2.24. The number of rotatable bonds is 3. The van der Waals surface area contributed by atoms with Crippen molar-refractivity contribution in [3.8, 4) is 0 Å². The average molecular weight is 207 g/mol. The molecule has 0 amide bonds. The van der Waals surface area contributed by atoms with Crippen LogP contribution < -0.4 is 0 Å². The lowest BCUT2D eigenvalue weighted by Crippen LogP contribution is -1.98. The molecule has 0 aliphatic heterocycles. The van der Waals surface area contributed by atoms with Gasteiger partial charge in [-0.25, -0.2) is 4.79 Å². The van der Waals surface area contributed by atoms with Crippen LogP contribution in [-0.4, -0.2) is 25.8 Å². The van der Waals surface area contributed by atoms with Crippen LogP contribution in [0.5, 0.6) is 0 Å². The Labute approximate surface area is 85.2 Å². The summed E-state index contributed by atoms with van der Waals surface area (Å²) in [7, 11) is 0. The fourth-order valence-corrected chi connectivity index (χ4v) is 1.22. The maximum Gasteiger partial charge on any atom is 0.337 e. The lowest BCUT2D eigenvalue weighted by atomic mass is 10.4. The highest BCUT2D eigenvalue weighted by Crippen LogP contribution is 2.05. The standard InChI is InChI=1S/C9H9N3O3/c1-6-10-11-8(15-6)5-12-3-2-7(4-12)9(13)14/h2-4H,5H2,1H3,(H,13,14). The Hall–Kier alpha value is -2.11. The molecule has 2 aromatic rings. The zero-order valence-electron chi connectivity index (χ0n) is 8.04. The highest BCUT2D eigenvalue weighted by molar-refractivity contribution is 5.87. The number of carboxylic acids is 1. The lowest BCUT2D eigenvalue weighted by Gasteiger charge is -1.95. The molecule has 0 unspecified atom stereocenters. The van der Waals surface area contributed by atoms with E-state index in [1.54, 1.807) is 17.7 Å². The molecule has 0 saturated carbocycles. The Bertz CT molecular complexity index is 486. The smallest absolute Gasteiger partial charge is 0.337 e. The Balaban J connectivity index is 2.14. The minimum Gasteiger partial charge on any atom is -0.478 e. The van der Waals surface area contributed by atoms with Crippen molar-refractivity contribution in [2.75, 3.05) is 0 Å². The molecule has 6 heteroatoms. The molecule has 0 spiro atoms. The molecule has 0 bridgehead atoms. The first-order valence-corrected chi connectivity index (χ1v) is 4.33. The summed E-state index contributed by atoms with van der Waals surface area (Å²) >= 11 is 0. The van der Waals surface area contributed by atoms with Crippen LogP contribution in [0.15, 0.2) is 22.9 Å². The first kappa shape index (κ1) is 9.45. The molecule has 15 heavy (non-hydrogen) atoms. The molecule has 0 aliphatic rings. The van der Waals surface area contributed by atoms with Crippen LogP contribution in [0.3, 0.4) is 0 Å². The molecule has 0 aliphatic carbocycles. The summed E-state index contributed by atoms with van der Waals surface area (Å²) in [5.74, 6) is 0.00566. The van der Waals surface area contributed by atoms with Gasteiger partial charge in [0.15, 0.2) is 0 Å². The Morgan fingerprint density at radius 3 is 2.93 bits per heavy atom. The normalized spacial score (nSPS) is 10.5. The molecule has 0 saturated heterocycles. The summed E-state index contributed by atoms with van der Waals surface area (Å²) < 4.78 is 6.84. The van der Waals surface area contributed by atoms with E-state index >= 15 is 0 Å². The van der Waals surface area contributed by atoms with Crippen molar-refractivity contribution in [2.24, 2.45) is 0 Å². The molecule has 1 N–H and O–H groups in total. The number of aromatic carboxylic acids is 1. The van der Waals surface area contributed by atoms with Gasteiger partial charge in [0.2, 0.25) is 11.8 Å². The number of aryl methyl sites for hydroxylation is 1. The molecule has 78 valence electrons. The van der Waals surface area contributed by atoms with E-state index in [4.69, 9.17) is 9.52 Å². The van der Waals surface area contributed by atoms with E-state index in [1.807, 2.05) is 0 Å². The minimum absolute atomic E-state index is 0.242. The van der Waals surface area contributed by atoms with E-state index in [0.29, 0.717) is 18.3 Å². The molecular formula is C9H9N3O3. The molecule has 2 aromatic heterocycles. The van der Waals surface area contributed by atoms with Crippen LogP contribution in [-0.2, 0) is 6.54 Å². The van der Waals surface area contributed by atoms with E-state index in [-0.39, 0.29) is 5.56 Å². The van der Waals surface area contributed by atoms with Crippen molar-refractivity contribution in [1.29, 1.82) is 0 Å². The number of carboxylic acid groups (broad SMARTS) is 1. The predicted molar refractivity (Wildman–Crippen MR) is 49.5 cm³/mol. The molecule has 6 nitrogen and oxygen atoms in total. The van der Waals surface area contributed by atoms with E-state index in [0.717, 1.165) is 0 Å². The summed E-state index contributed by atoms with van der Waals surface area (Å²) in [6.45, 7) is 2.09. The molecular weight excluding hydrogens is 198 g/mol. The summed E-state index contributed by atoms with van der Waals surface area (Å²) in [4.78, 5) is 10.6. The van der Waals surface area contributed by atoms with Crippen LogP contribution in [0, 0.1) is 6.92 Å². The second kappa shape index (κ2) is 3.56. The lowest BCUT2D eigenvalue weighted by molar-refractivity contribution is 0.0697. The van der Waals surface area contributed by atoms with Crippen LogP contribution in [0.1, 0.15) is 22.1 Å². The first-order chi connectivity index (χ1) is 7.15. The minimum atomic E-state index is -0.949. The number of hydrogen-bond donors (Lipinski definition) is 1. The van der Waals surface area contributed by atoms with Crippen molar-refractivity contribution in [2.45, 2.75) is 13.5 Å². The van der Waals surface area contributed by atoms with Gasteiger partial charge in [0.25, 0.3) is 0 Å². The molecule has 0 atom stereocenters. The highest BCUT2D eigenvalue weighted by atomic mass is 16.4. The van der Waals surface area contributed by atoms with Crippen molar-refractivity contribution in [3.05, 3.63) is 35.8 Å². The zero-order chi connectivity index (χ0) is 10.8. The van der Waals surface area contributed by atoms with Gasteiger partial charge in [0.05, 0.1) is 5.56 Å². The molecule has 2 heterocycles. The number of aromatic nitrogens is 3. The topological polar surface area (TPSA) is 81.2 Å². The quantitative estimate of drug-likeness (QED) is 0.809. The number of nitrogens with zero attached hydrogens (tertiary/aromatic N) is 3. The van der Waals surface area contributed by atoms with Crippen molar-refractivity contribution in [1.82, 2.24) is 14.8 Å². The van der Waals surface area contributed by atoms with Gasteiger partial charge in [0.1, 0.15) is 6.54 Å². The SMILES string of the molecule is Cc1nnc(Cn2ccc(C(=O)O)c2)o1. The second-order valence-corrected chi connectivity index (χ2v) is 3.09. The summed E-state index contributed by atoms with van der Waals surface area (Å²) in [6, 6.07) is 1.52. The number of hydrogen-bond acceptors (Lipinski definition) is 4. The Morgan fingerprint density at radius 2 is 2.40 bits per heavy atom. The zero-order valence-corrected chi connectivity index (χ0v) is 8.04. The van der Waals surface area contributed by atoms with Crippen molar-refractivity contribution in [3.63, 3.8) is 0 Å². The van der Waals surface area contributed by atoms with Crippen LogP contribution in [0.4, 0.5) is 0 Å². The van der Waals surface area contributed by atoms with Gasteiger partial charge in [-0.1, -0.05) is 0 Å². The summed E-state index contributed by atoms with van der Waals surface area (Å²) in [5, 5.41) is 16.2. The monoisotopic (exact) mass is 207 g/mol. The van der Waals surface area contributed by atoms with Gasteiger partial charge in [0, 0.05) is 19.3 Å². The van der Waals surface area contributed by atoms with Crippen molar-refractivity contribution >= 4 is 5.97 Å². The summed E-state index contributed by atoms with van der Waals surface area (Å²) in [5.41, 5.74) is 0.242. The second-order valence-electron chi connectivity index (χ2n) is 3.09. The van der Waals surface area contributed by atoms with Gasteiger partial charge < -0.3 is 14.1 Å². The predicted octanol–water partition coefficient (Wildman–Crippen LogP) is 0.926. The van der Waals surface area contributed by atoms with Crippen LogP contribution in [0.2, 0.25) is 0 Å². The Morgan fingerprint density at radius 1 is 1.60 bits per heavy atom. The van der Waals surface area contributed by atoms with Gasteiger partial charge in [-0.15, -0.1) is 10.2 Å². The maximum atomic E-state index is 10.6. The van der Waals surface area contributed by atoms with Gasteiger partial charge >= 0.3 is 5.97 Å². The first-order valence-electron chi connectivity index (χ1n) is 4.33. The third kappa shape index (κ3) is 2.04. The molecule has 2 rings (SSSR count). The molecule has 0 aromatic carbocycles. The van der Waals surface area contributed by atoms with E-state index in [9.17, 15) is 4.79 Å². The van der Waals surface area contributed by atoms with Crippen LogP contribution in [0.25, 0.3) is 0 Å². The maximum absolute atomic E-state index is 10.6. The average Bonchev–Trinajstić information content (AvgIpc) is 2.76. The fourth-order valence-electron chi connectivity index (χ4n) is 1.22. The molecule has 0 fully saturated rings. The highest BCUT2D eigenvalue weighted by Gasteiger charge is 2.07. The largest absolute Gasteiger partial charge is 0.478 e. The molecule has 0 radical (unpaired) electrons. The van der Waals surface area contributed by atoms with Gasteiger partial charge in [-0.05, 0) is 6.07 Å². The van der Waals surface area contributed by atoms with E-state index in [2.05, 4.69) is 10.2 Å². The van der Waals surface area contributed by atoms with Crippen LogP contribution >= 0.6 is 0 Å². The summed E-state index contributed by atoms with van der Waals surface area (Å²) in [6.07, 6.45) is 3.17. The number of carbonyl (C=O) groups is 1. The van der Waals surface area contributed by atoms with Gasteiger partial charge in [-0.2, -0.15) is 0 Å². The fraction of sp³-hybridized carbons (Fsp3) is 0.222. The van der Waals surface area contributed by atoms with Gasteiger partial charge in [-0.3, -0.25) is 0 Å². The van der Waals surface area contributed by atoms with E-state index < -0.39 is 5.97 Å². The van der Waals surface area contributed by atoms with E-state index in [1.165, 1.54) is 12.3 Å². The van der Waals surface area contributed by atoms with Crippen molar-refractivity contribution < 1.29 is 14.3 Å². The third-order valence-corrected chi connectivity index (χ3v) is 1.88.